The average molecular weight is 376 g/mol. The van der Waals surface area contributed by atoms with Gasteiger partial charge in [-0.1, -0.05) is 36.4 Å². The van der Waals surface area contributed by atoms with Crippen LogP contribution in [0, 0.1) is 5.92 Å². The van der Waals surface area contributed by atoms with E-state index in [4.69, 9.17) is 8.92 Å². The number of aromatic nitrogens is 1. The number of rotatable bonds is 7. The Morgan fingerprint density at radius 2 is 1.88 bits per heavy atom. The van der Waals surface area contributed by atoms with Crippen molar-refractivity contribution >= 4 is 10.1 Å². The highest BCUT2D eigenvalue weighted by molar-refractivity contribution is 7.85. The fourth-order valence-corrected chi connectivity index (χ4v) is 3.82. The summed E-state index contributed by atoms with van der Waals surface area (Å²) in [5.74, 6) is 0.704. The van der Waals surface area contributed by atoms with E-state index in [1.165, 1.54) is 5.56 Å². The van der Waals surface area contributed by atoms with Crippen LogP contribution in [-0.4, -0.2) is 51.4 Å². The van der Waals surface area contributed by atoms with Gasteiger partial charge in [-0.15, -0.1) is 0 Å². The summed E-state index contributed by atoms with van der Waals surface area (Å²) >= 11 is 0. The van der Waals surface area contributed by atoms with E-state index in [9.17, 15) is 8.42 Å². The Balaban J connectivity index is 1.78. The van der Waals surface area contributed by atoms with Crippen LogP contribution in [0.1, 0.15) is 17.2 Å². The number of benzene rings is 1. The first-order valence-corrected chi connectivity index (χ1v) is 10.4. The molecule has 140 valence electrons. The van der Waals surface area contributed by atoms with Crippen LogP contribution in [-0.2, 0) is 20.8 Å². The Morgan fingerprint density at radius 3 is 2.58 bits per heavy atom. The van der Waals surface area contributed by atoms with Gasteiger partial charge >= 0.3 is 0 Å². The molecule has 0 radical (unpaired) electrons. The van der Waals surface area contributed by atoms with Crippen LogP contribution in [0.2, 0.25) is 0 Å². The Hall–Kier alpha value is -1.96. The summed E-state index contributed by atoms with van der Waals surface area (Å²) in [4.78, 5) is 6.87. The third-order valence-corrected chi connectivity index (χ3v) is 5.16. The third-order valence-electron chi connectivity index (χ3n) is 4.60. The molecule has 1 aromatic heterocycles. The minimum Gasteiger partial charge on any atom is -0.481 e. The minimum atomic E-state index is -3.47. The summed E-state index contributed by atoms with van der Waals surface area (Å²) in [6.45, 7) is 2.53. The van der Waals surface area contributed by atoms with Gasteiger partial charge in [0.2, 0.25) is 5.88 Å². The van der Waals surface area contributed by atoms with Gasteiger partial charge in [0.15, 0.2) is 0 Å². The van der Waals surface area contributed by atoms with E-state index >= 15 is 0 Å². The minimum absolute atomic E-state index is 0.0491. The second-order valence-corrected chi connectivity index (χ2v) is 8.28. The summed E-state index contributed by atoms with van der Waals surface area (Å²) in [5, 5.41) is 0. The van der Waals surface area contributed by atoms with Crippen LogP contribution in [0.5, 0.6) is 5.88 Å². The molecule has 1 saturated heterocycles. The molecule has 0 N–H and O–H groups in total. The van der Waals surface area contributed by atoms with E-state index in [1.807, 2.05) is 36.4 Å². The predicted molar refractivity (Wildman–Crippen MR) is 99.5 cm³/mol. The fraction of sp³-hybridized carbons (Fsp3) is 0.421. The molecule has 1 aliphatic heterocycles. The molecule has 6 nitrogen and oxygen atoms in total. The first kappa shape index (κ1) is 18.8. The lowest BCUT2D eigenvalue weighted by Crippen LogP contribution is -2.22. The van der Waals surface area contributed by atoms with Gasteiger partial charge in [-0.2, -0.15) is 8.42 Å². The number of ether oxygens (including phenoxy) is 1. The van der Waals surface area contributed by atoms with Gasteiger partial charge in [-0.05, 0) is 11.6 Å². The molecule has 0 aliphatic carbocycles. The van der Waals surface area contributed by atoms with Crippen molar-refractivity contribution in [3.63, 3.8) is 0 Å². The highest BCUT2D eigenvalue weighted by Crippen LogP contribution is 2.33. The van der Waals surface area contributed by atoms with Crippen LogP contribution < -0.4 is 4.74 Å². The SMILES string of the molecule is COc1cccc([C@@H]2CN(Cc3ccccc3)C[C@@H]2COS(C)(=O)=O)n1. The lowest BCUT2D eigenvalue weighted by molar-refractivity contribution is 0.238. The molecule has 26 heavy (non-hydrogen) atoms. The Bertz CT molecular complexity index is 826. The molecule has 1 fully saturated rings. The number of likely N-dealkylation sites (tertiary alicyclic amines) is 1. The molecule has 0 saturated carbocycles. The van der Waals surface area contributed by atoms with E-state index in [-0.39, 0.29) is 18.4 Å². The van der Waals surface area contributed by atoms with Gasteiger partial charge in [-0.3, -0.25) is 9.08 Å². The van der Waals surface area contributed by atoms with Crippen molar-refractivity contribution in [2.24, 2.45) is 5.92 Å². The molecule has 3 rings (SSSR count). The molecule has 0 bridgehead atoms. The molecule has 0 spiro atoms. The van der Waals surface area contributed by atoms with E-state index < -0.39 is 10.1 Å². The zero-order valence-electron chi connectivity index (χ0n) is 15.0. The van der Waals surface area contributed by atoms with Gasteiger partial charge < -0.3 is 4.74 Å². The second kappa shape index (κ2) is 8.16. The first-order valence-electron chi connectivity index (χ1n) is 8.56. The highest BCUT2D eigenvalue weighted by atomic mass is 32.2. The molecular weight excluding hydrogens is 352 g/mol. The molecule has 2 heterocycles. The van der Waals surface area contributed by atoms with E-state index in [0.717, 1.165) is 31.6 Å². The largest absolute Gasteiger partial charge is 0.481 e. The standard InChI is InChI=1S/C19H24N2O4S/c1-24-19-10-6-9-18(20-19)17-13-21(11-15-7-4-3-5-8-15)12-16(17)14-25-26(2,22)23/h3-10,16-17H,11-14H2,1-2H3/t16-,17-/m1/s1. The van der Waals surface area contributed by atoms with Crippen molar-refractivity contribution in [2.45, 2.75) is 12.5 Å². The average Bonchev–Trinajstić information content (AvgIpc) is 3.03. The van der Waals surface area contributed by atoms with Crippen LogP contribution in [0.3, 0.4) is 0 Å². The van der Waals surface area contributed by atoms with Crippen molar-refractivity contribution in [1.82, 2.24) is 9.88 Å². The third kappa shape index (κ3) is 5.03. The van der Waals surface area contributed by atoms with E-state index in [0.29, 0.717) is 5.88 Å². The number of nitrogens with zero attached hydrogens (tertiary/aromatic N) is 2. The summed E-state index contributed by atoms with van der Waals surface area (Å²) in [7, 11) is -1.88. The molecule has 7 heteroatoms. The molecular formula is C19H24N2O4S. The zero-order chi connectivity index (χ0) is 18.6. The molecule has 1 aliphatic rings. The summed E-state index contributed by atoms with van der Waals surface area (Å²) in [6.07, 6.45) is 1.09. The number of hydrogen-bond acceptors (Lipinski definition) is 6. The Labute approximate surface area is 154 Å². The molecule has 2 atom stereocenters. The number of methoxy groups -OCH3 is 1. The Morgan fingerprint density at radius 1 is 1.12 bits per heavy atom. The topological polar surface area (TPSA) is 68.7 Å². The zero-order valence-corrected chi connectivity index (χ0v) is 15.9. The number of pyridine rings is 1. The van der Waals surface area contributed by atoms with Crippen LogP contribution >= 0.6 is 0 Å². The van der Waals surface area contributed by atoms with Crippen LogP contribution in [0.15, 0.2) is 48.5 Å². The summed E-state index contributed by atoms with van der Waals surface area (Å²) in [6, 6.07) is 15.9. The van der Waals surface area contributed by atoms with Crippen LogP contribution in [0.4, 0.5) is 0 Å². The van der Waals surface area contributed by atoms with Crippen molar-refractivity contribution < 1.29 is 17.3 Å². The maximum atomic E-state index is 11.4. The number of hydrogen-bond donors (Lipinski definition) is 0. The molecule has 0 amide bonds. The molecule has 0 unspecified atom stereocenters. The van der Waals surface area contributed by atoms with Crippen molar-refractivity contribution in [3.05, 3.63) is 59.8 Å². The van der Waals surface area contributed by atoms with E-state index in [1.54, 1.807) is 7.11 Å². The van der Waals surface area contributed by atoms with Crippen molar-refractivity contribution in [1.29, 1.82) is 0 Å². The maximum Gasteiger partial charge on any atom is 0.264 e. The summed E-state index contributed by atoms with van der Waals surface area (Å²) in [5.41, 5.74) is 2.14. The van der Waals surface area contributed by atoms with Gasteiger partial charge in [0.1, 0.15) is 0 Å². The molecule has 1 aromatic carbocycles. The predicted octanol–water partition coefficient (Wildman–Crippen LogP) is 2.28. The lowest BCUT2D eigenvalue weighted by atomic mass is 9.93. The highest BCUT2D eigenvalue weighted by Gasteiger charge is 2.35. The smallest absolute Gasteiger partial charge is 0.264 e. The van der Waals surface area contributed by atoms with Crippen molar-refractivity contribution in [3.8, 4) is 5.88 Å². The van der Waals surface area contributed by atoms with Gasteiger partial charge in [0, 0.05) is 43.2 Å². The monoisotopic (exact) mass is 376 g/mol. The van der Waals surface area contributed by atoms with Crippen LogP contribution in [0.25, 0.3) is 0 Å². The van der Waals surface area contributed by atoms with Gasteiger partial charge in [0.05, 0.1) is 20.0 Å². The quantitative estimate of drug-likeness (QED) is 0.691. The molecule has 2 aromatic rings. The summed E-state index contributed by atoms with van der Waals surface area (Å²) < 4.78 is 33.2. The second-order valence-electron chi connectivity index (χ2n) is 6.64. The Kier molecular flexibility index (Phi) is 5.90. The fourth-order valence-electron chi connectivity index (χ4n) is 3.40. The maximum absolute atomic E-state index is 11.4. The normalized spacial score (nSPS) is 21.0. The van der Waals surface area contributed by atoms with Crippen molar-refractivity contribution in [2.75, 3.05) is 33.1 Å². The van der Waals surface area contributed by atoms with Gasteiger partial charge in [-0.25, -0.2) is 4.98 Å². The van der Waals surface area contributed by atoms with E-state index in [2.05, 4.69) is 22.0 Å². The first-order chi connectivity index (χ1) is 12.4. The van der Waals surface area contributed by atoms with Gasteiger partial charge in [0.25, 0.3) is 10.1 Å². The lowest BCUT2D eigenvalue weighted by Gasteiger charge is -2.17.